The number of pyridine rings is 1. The van der Waals surface area contributed by atoms with Gasteiger partial charge in [-0.2, -0.15) is 0 Å². The maximum Gasteiger partial charge on any atom is 0.181 e. The van der Waals surface area contributed by atoms with Gasteiger partial charge in [0.05, 0.1) is 6.04 Å². The number of rotatable bonds is 4. The minimum Gasteiger partial charge on any atom is -0.352 e. The molecular weight excluding hydrogens is 236 g/mol. The summed E-state index contributed by atoms with van der Waals surface area (Å²) >= 11 is 0. The van der Waals surface area contributed by atoms with E-state index in [1.807, 2.05) is 24.0 Å². The topological polar surface area (TPSA) is 34.0 Å². The van der Waals surface area contributed by atoms with Gasteiger partial charge in [0.1, 0.15) is 0 Å². The summed E-state index contributed by atoms with van der Waals surface area (Å²) in [5, 5.41) is 3.34. The summed E-state index contributed by atoms with van der Waals surface area (Å²) in [6.45, 7) is 5.05. The molecule has 2 aromatic rings. The van der Waals surface area contributed by atoms with E-state index in [0.29, 0.717) is 0 Å². The van der Waals surface area contributed by atoms with Gasteiger partial charge in [-0.3, -0.25) is 4.79 Å². The Morgan fingerprint density at radius 1 is 1.16 bits per heavy atom. The Labute approximate surface area is 113 Å². The van der Waals surface area contributed by atoms with Gasteiger partial charge in [-0.25, -0.2) is 0 Å². The van der Waals surface area contributed by atoms with Crippen LogP contribution < -0.4 is 10.7 Å². The minimum atomic E-state index is 0.0452. The molecule has 1 aromatic heterocycles. The third kappa shape index (κ3) is 3.32. The Bertz CT molecular complexity index is 596. The lowest BCUT2D eigenvalue weighted by atomic mass is 9.99. The highest BCUT2D eigenvalue weighted by Gasteiger charge is 2.11. The highest BCUT2D eigenvalue weighted by atomic mass is 16.1. The minimum absolute atomic E-state index is 0.0452. The molecule has 0 aliphatic heterocycles. The molecule has 0 aliphatic rings. The number of aryl methyl sites for hydroxylation is 2. The maximum absolute atomic E-state index is 11.1. The summed E-state index contributed by atoms with van der Waals surface area (Å²) in [6, 6.07) is 9.93. The first kappa shape index (κ1) is 13.6. The zero-order valence-corrected chi connectivity index (χ0v) is 11.7. The van der Waals surface area contributed by atoms with E-state index in [9.17, 15) is 4.79 Å². The Balaban J connectivity index is 2.24. The maximum atomic E-state index is 11.1. The molecule has 0 saturated heterocycles. The first-order valence-electron chi connectivity index (χ1n) is 6.50. The van der Waals surface area contributed by atoms with Crippen molar-refractivity contribution in [3.05, 3.63) is 69.6 Å². The van der Waals surface area contributed by atoms with Crippen molar-refractivity contribution < 1.29 is 0 Å². The standard InChI is InChI=1S/C16H20N2O/c1-12-4-5-15(13(2)10-12)16(17-3)11-18-8-6-14(19)7-9-18/h4-10,16-17H,11H2,1-3H3. The van der Waals surface area contributed by atoms with Crippen molar-refractivity contribution in [2.45, 2.75) is 26.4 Å². The molecule has 0 fully saturated rings. The highest BCUT2D eigenvalue weighted by molar-refractivity contribution is 5.32. The second kappa shape index (κ2) is 5.85. The molecule has 0 aliphatic carbocycles. The summed E-state index contributed by atoms with van der Waals surface area (Å²) in [5.41, 5.74) is 3.91. The smallest absolute Gasteiger partial charge is 0.181 e. The lowest BCUT2D eigenvalue weighted by molar-refractivity contribution is 0.496. The molecule has 0 spiro atoms. The van der Waals surface area contributed by atoms with Crippen LogP contribution in [0.5, 0.6) is 0 Å². The van der Waals surface area contributed by atoms with Gasteiger partial charge in [0.25, 0.3) is 0 Å². The van der Waals surface area contributed by atoms with E-state index in [0.717, 1.165) is 6.54 Å². The van der Waals surface area contributed by atoms with Crippen molar-refractivity contribution >= 4 is 0 Å². The average Bonchev–Trinajstić information content (AvgIpc) is 2.39. The van der Waals surface area contributed by atoms with Gasteiger partial charge < -0.3 is 9.88 Å². The summed E-state index contributed by atoms with van der Waals surface area (Å²) in [6.07, 6.45) is 3.66. The summed E-state index contributed by atoms with van der Waals surface area (Å²) in [4.78, 5) is 11.1. The second-order valence-corrected chi connectivity index (χ2v) is 4.93. The number of hydrogen-bond acceptors (Lipinski definition) is 2. The lowest BCUT2D eigenvalue weighted by Crippen LogP contribution is -2.23. The molecule has 1 heterocycles. The highest BCUT2D eigenvalue weighted by Crippen LogP contribution is 2.20. The van der Waals surface area contributed by atoms with Gasteiger partial charge in [-0.15, -0.1) is 0 Å². The van der Waals surface area contributed by atoms with E-state index >= 15 is 0 Å². The van der Waals surface area contributed by atoms with Gasteiger partial charge in [-0.1, -0.05) is 23.8 Å². The molecule has 1 atom stereocenters. The van der Waals surface area contributed by atoms with Crippen LogP contribution in [-0.2, 0) is 6.54 Å². The molecule has 0 saturated carbocycles. The van der Waals surface area contributed by atoms with Crippen LogP contribution in [-0.4, -0.2) is 11.6 Å². The zero-order valence-electron chi connectivity index (χ0n) is 11.7. The Kier molecular flexibility index (Phi) is 4.17. The van der Waals surface area contributed by atoms with Gasteiger partial charge >= 0.3 is 0 Å². The van der Waals surface area contributed by atoms with Gasteiger partial charge in [0.15, 0.2) is 5.43 Å². The molecule has 19 heavy (non-hydrogen) atoms. The third-order valence-corrected chi connectivity index (χ3v) is 3.40. The van der Waals surface area contributed by atoms with Crippen molar-refractivity contribution in [3.8, 4) is 0 Å². The molecular formula is C16H20N2O. The van der Waals surface area contributed by atoms with E-state index in [1.54, 1.807) is 12.1 Å². The normalized spacial score (nSPS) is 12.4. The van der Waals surface area contributed by atoms with Crippen molar-refractivity contribution in [1.29, 1.82) is 0 Å². The number of aromatic nitrogens is 1. The molecule has 0 amide bonds. The SMILES string of the molecule is CNC(Cn1ccc(=O)cc1)c1ccc(C)cc1C. The van der Waals surface area contributed by atoms with Crippen molar-refractivity contribution in [2.75, 3.05) is 7.05 Å². The van der Waals surface area contributed by atoms with Crippen molar-refractivity contribution in [3.63, 3.8) is 0 Å². The fourth-order valence-electron chi connectivity index (χ4n) is 2.34. The second-order valence-electron chi connectivity index (χ2n) is 4.93. The van der Waals surface area contributed by atoms with E-state index in [4.69, 9.17) is 0 Å². The molecule has 1 unspecified atom stereocenters. The number of hydrogen-bond donors (Lipinski definition) is 1. The predicted molar refractivity (Wildman–Crippen MR) is 78.4 cm³/mol. The van der Waals surface area contributed by atoms with E-state index in [-0.39, 0.29) is 11.5 Å². The van der Waals surface area contributed by atoms with Crippen LogP contribution in [0.3, 0.4) is 0 Å². The van der Waals surface area contributed by atoms with Crippen molar-refractivity contribution in [2.24, 2.45) is 0 Å². The first-order valence-corrected chi connectivity index (χ1v) is 6.50. The molecule has 1 N–H and O–H groups in total. The number of benzene rings is 1. The average molecular weight is 256 g/mol. The van der Waals surface area contributed by atoms with E-state index in [1.165, 1.54) is 16.7 Å². The van der Waals surface area contributed by atoms with Crippen LogP contribution in [0.25, 0.3) is 0 Å². The molecule has 100 valence electrons. The summed E-state index contributed by atoms with van der Waals surface area (Å²) in [5.74, 6) is 0. The van der Waals surface area contributed by atoms with Crippen LogP contribution >= 0.6 is 0 Å². The molecule has 1 aromatic carbocycles. The number of likely N-dealkylation sites (N-methyl/N-ethyl adjacent to an activating group) is 1. The Morgan fingerprint density at radius 2 is 1.84 bits per heavy atom. The quantitative estimate of drug-likeness (QED) is 0.911. The number of nitrogens with one attached hydrogen (secondary N) is 1. The van der Waals surface area contributed by atoms with Crippen LogP contribution in [0, 0.1) is 13.8 Å². The lowest BCUT2D eigenvalue weighted by Gasteiger charge is -2.20. The molecule has 0 radical (unpaired) electrons. The van der Waals surface area contributed by atoms with Crippen LogP contribution in [0.1, 0.15) is 22.7 Å². The summed E-state index contributed by atoms with van der Waals surface area (Å²) < 4.78 is 2.03. The number of nitrogens with zero attached hydrogens (tertiary/aromatic N) is 1. The first-order chi connectivity index (χ1) is 9.10. The Hall–Kier alpha value is -1.87. The zero-order chi connectivity index (χ0) is 13.8. The van der Waals surface area contributed by atoms with Crippen LogP contribution in [0.15, 0.2) is 47.5 Å². The van der Waals surface area contributed by atoms with E-state index < -0.39 is 0 Å². The van der Waals surface area contributed by atoms with Gasteiger partial charge in [-0.05, 0) is 32.0 Å². The monoisotopic (exact) mass is 256 g/mol. The van der Waals surface area contributed by atoms with Crippen LogP contribution in [0.2, 0.25) is 0 Å². The largest absolute Gasteiger partial charge is 0.352 e. The molecule has 0 bridgehead atoms. The summed E-state index contributed by atoms with van der Waals surface area (Å²) in [7, 11) is 1.96. The fraction of sp³-hybridized carbons (Fsp3) is 0.312. The molecule has 2 rings (SSSR count). The molecule has 3 nitrogen and oxygen atoms in total. The third-order valence-electron chi connectivity index (χ3n) is 3.40. The van der Waals surface area contributed by atoms with Crippen molar-refractivity contribution in [1.82, 2.24) is 9.88 Å². The predicted octanol–water partition coefficient (Wildman–Crippen LogP) is 2.43. The van der Waals surface area contributed by atoms with E-state index in [2.05, 4.69) is 37.4 Å². The van der Waals surface area contributed by atoms with Crippen LogP contribution in [0.4, 0.5) is 0 Å². The Morgan fingerprint density at radius 3 is 2.42 bits per heavy atom. The molecule has 3 heteroatoms. The van der Waals surface area contributed by atoms with Gasteiger partial charge in [0.2, 0.25) is 0 Å². The van der Waals surface area contributed by atoms with Gasteiger partial charge in [0, 0.05) is 31.1 Å². The fourth-order valence-corrected chi connectivity index (χ4v) is 2.34.